The van der Waals surface area contributed by atoms with Gasteiger partial charge < -0.3 is 5.32 Å². The van der Waals surface area contributed by atoms with Gasteiger partial charge >= 0.3 is 0 Å². The molecule has 1 aromatic carbocycles. The van der Waals surface area contributed by atoms with Crippen LogP contribution < -0.4 is 5.32 Å². The van der Waals surface area contributed by atoms with Gasteiger partial charge in [-0.1, -0.05) is 6.07 Å². The number of carbonyl (C=O) groups excluding carboxylic acids is 1. The van der Waals surface area contributed by atoms with Crippen LogP contribution in [0, 0.1) is 18.3 Å². The van der Waals surface area contributed by atoms with Crippen LogP contribution in [0.15, 0.2) is 30.3 Å². The van der Waals surface area contributed by atoms with Crippen LogP contribution in [0.5, 0.6) is 0 Å². The van der Waals surface area contributed by atoms with Crippen molar-refractivity contribution in [2.75, 3.05) is 5.32 Å². The lowest BCUT2D eigenvalue weighted by molar-refractivity contribution is 0.102. The Bertz CT molecular complexity index is 679. The summed E-state index contributed by atoms with van der Waals surface area (Å²) in [6.45, 7) is 5.94. The van der Waals surface area contributed by atoms with Crippen molar-refractivity contribution in [3.05, 3.63) is 47.3 Å². The smallest absolute Gasteiger partial charge is 0.276 e. The highest BCUT2D eigenvalue weighted by Gasteiger charge is 2.14. The Kier molecular flexibility index (Phi) is 3.85. The molecule has 2 aromatic rings. The number of hydrogen-bond donors (Lipinski definition) is 1. The summed E-state index contributed by atoms with van der Waals surface area (Å²) in [6, 6.07) is 10.8. The number of aromatic nitrogens is 2. The number of hydrogen-bond acceptors (Lipinski definition) is 3. The first-order chi connectivity index (χ1) is 9.51. The van der Waals surface area contributed by atoms with Crippen LogP contribution in [0.2, 0.25) is 0 Å². The number of amides is 1. The normalized spacial score (nSPS) is 10.3. The van der Waals surface area contributed by atoms with E-state index in [1.54, 1.807) is 35.0 Å². The van der Waals surface area contributed by atoms with E-state index in [2.05, 4.69) is 10.4 Å². The van der Waals surface area contributed by atoms with Gasteiger partial charge in [-0.15, -0.1) is 0 Å². The van der Waals surface area contributed by atoms with Gasteiger partial charge in [-0.3, -0.25) is 9.48 Å². The van der Waals surface area contributed by atoms with Gasteiger partial charge in [0, 0.05) is 17.4 Å². The van der Waals surface area contributed by atoms with Crippen LogP contribution in [0.1, 0.15) is 41.6 Å². The second-order valence-corrected chi connectivity index (χ2v) is 4.86. The second kappa shape index (κ2) is 5.57. The van der Waals surface area contributed by atoms with Gasteiger partial charge in [-0.2, -0.15) is 10.4 Å². The van der Waals surface area contributed by atoms with Crippen LogP contribution in [-0.2, 0) is 0 Å². The van der Waals surface area contributed by atoms with Gasteiger partial charge in [0.05, 0.1) is 11.6 Å². The Hall–Kier alpha value is -2.61. The molecule has 5 nitrogen and oxygen atoms in total. The summed E-state index contributed by atoms with van der Waals surface area (Å²) in [7, 11) is 0. The van der Waals surface area contributed by atoms with Crippen molar-refractivity contribution in [3.63, 3.8) is 0 Å². The summed E-state index contributed by atoms with van der Waals surface area (Å²) in [6.07, 6.45) is 0. The third kappa shape index (κ3) is 2.86. The largest absolute Gasteiger partial charge is 0.321 e. The number of aryl methyl sites for hydroxylation is 1. The number of benzene rings is 1. The Balaban J connectivity index is 2.20. The Morgan fingerprint density at radius 3 is 2.75 bits per heavy atom. The third-order valence-corrected chi connectivity index (χ3v) is 2.89. The van der Waals surface area contributed by atoms with Crippen molar-refractivity contribution in [2.45, 2.75) is 26.8 Å². The molecule has 0 aliphatic rings. The molecule has 1 aromatic heterocycles. The maximum Gasteiger partial charge on any atom is 0.276 e. The highest BCUT2D eigenvalue weighted by atomic mass is 16.1. The monoisotopic (exact) mass is 268 g/mol. The standard InChI is InChI=1S/C15H16N4O/c1-10(2)19-11(3)7-14(18-19)15(20)17-13-6-4-5-12(8-13)9-16/h4-8,10H,1-3H3,(H,17,20). The lowest BCUT2D eigenvalue weighted by atomic mass is 10.2. The van der Waals surface area contributed by atoms with E-state index in [1.165, 1.54) is 0 Å². The van der Waals surface area contributed by atoms with E-state index in [-0.39, 0.29) is 11.9 Å². The minimum atomic E-state index is -0.275. The molecular weight excluding hydrogens is 252 g/mol. The van der Waals surface area contributed by atoms with Crippen LogP contribution in [0.25, 0.3) is 0 Å². The van der Waals surface area contributed by atoms with E-state index < -0.39 is 0 Å². The first-order valence-electron chi connectivity index (χ1n) is 6.39. The number of nitrogens with zero attached hydrogens (tertiary/aromatic N) is 3. The van der Waals surface area contributed by atoms with Crippen molar-refractivity contribution in [1.29, 1.82) is 5.26 Å². The SMILES string of the molecule is Cc1cc(C(=O)Nc2cccc(C#N)c2)nn1C(C)C. The molecule has 0 aliphatic heterocycles. The number of anilines is 1. The predicted octanol–water partition coefficient (Wildman–Crippen LogP) is 2.90. The van der Waals surface area contributed by atoms with Crippen molar-refractivity contribution in [2.24, 2.45) is 0 Å². The van der Waals surface area contributed by atoms with Gasteiger partial charge in [0.1, 0.15) is 0 Å². The van der Waals surface area contributed by atoms with Crippen LogP contribution in [-0.4, -0.2) is 15.7 Å². The average molecular weight is 268 g/mol. The van der Waals surface area contributed by atoms with Gasteiger partial charge in [0.15, 0.2) is 5.69 Å². The molecule has 1 N–H and O–H groups in total. The Morgan fingerprint density at radius 1 is 1.40 bits per heavy atom. The fourth-order valence-corrected chi connectivity index (χ4v) is 1.98. The van der Waals surface area contributed by atoms with E-state index in [1.807, 2.05) is 26.8 Å². The van der Waals surface area contributed by atoms with Gasteiger partial charge in [-0.25, -0.2) is 0 Å². The summed E-state index contributed by atoms with van der Waals surface area (Å²) >= 11 is 0. The molecule has 2 rings (SSSR count). The minimum absolute atomic E-state index is 0.207. The van der Waals surface area contributed by atoms with Crippen LogP contribution in [0.4, 0.5) is 5.69 Å². The van der Waals surface area contributed by atoms with Gasteiger partial charge in [0.2, 0.25) is 0 Å². The molecule has 0 aliphatic carbocycles. The predicted molar refractivity (Wildman–Crippen MR) is 76.5 cm³/mol. The highest BCUT2D eigenvalue weighted by molar-refractivity contribution is 6.03. The molecule has 0 spiro atoms. The molecular formula is C15H16N4O. The van der Waals surface area contributed by atoms with E-state index in [9.17, 15) is 4.79 Å². The maximum absolute atomic E-state index is 12.1. The molecule has 1 amide bonds. The summed E-state index contributed by atoms with van der Waals surface area (Å²) in [5.41, 5.74) is 2.41. The molecule has 5 heteroatoms. The summed E-state index contributed by atoms with van der Waals surface area (Å²) in [4.78, 5) is 12.1. The van der Waals surface area contributed by atoms with Crippen molar-refractivity contribution >= 4 is 11.6 Å². The topological polar surface area (TPSA) is 70.7 Å². The van der Waals surface area contributed by atoms with E-state index in [0.29, 0.717) is 16.9 Å². The van der Waals surface area contributed by atoms with Gasteiger partial charge in [-0.05, 0) is 45.0 Å². The third-order valence-electron chi connectivity index (χ3n) is 2.89. The van der Waals surface area contributed by atoms with E-state index >= 15 is 0 Å². The van der Waals surface area contributed by atoms with Crippen molar-refractivity contribution < 1.29 is 4.79 Å². The fraction of sp³-hybridized carbons (Fsp3) is 0.267. The van der Waals surface area contributed by atoms with Gasteiger partial charge in [0.25, 0.3) is 5.91 Å². The molecule has 0 radical (unpaired) electrons. The molecule has 102 valence electrons. The fourth-order valence-electron chi connectivity index (χ4n) is 1.98. The lowest BCUT2D eigenvalue weighted by Crippen LogP contribution is -2.14. The van der Waals surface area contributed by atoms with Crippen molar-refractivity contribution in [1.82, 2.24) is 9.78 Å². The lowest BCUT2D eigenvalue weighted by Gasteiger charge is -2.07. The molecule has 0 saturated carbocycles. The van der Waals surface area contributed by atoms with Crippen LogP contribution in [0.3, 0.4) is 0 Å². The highest BCUT2D eigenvalue weighted by Crippen LogP contribution is 2.14. The van der Waals surface area contributed by atoms with Crippen LogP contribution >= 0.6 is 0 Å². The first kappa shape index (κ1) is 13.8. The molecule has 0 bridgehead atoms. The summed E-state index contributed by atoms with van der Waals surface area (Å²) in [5, 5.41) is 15.9. The van der Waals surface area contributed by atoms with E-state index in [0.717, 1.165) is 5.69 Å². The summed E-state index contributed by atoms with van der Waals surface area (Å²) < 4.78 is 1.81. The molecule has 20 heavy (non-hydrogen) atoms. The zero-order valence-corrected chi connectivity index (χ0v) is 11.7. The number of nitrogens with one attached hydrogen (secondary N) is 1. The molecule has 1 heterocycles. The number of nitriles is 1. The average Bonchev–Trinajstić information content (AvgIpc) is 2.81. The second-order valence-electron chi connectivity index (χ2n) is 4.86. The van der Waals surface area contributed by atoms with Crippen molar-refractivity contribution in [3.8, 4) is 6.07 Å². The maximum atomic E-state index is 12.1. The number of carbonyl (C=O) groups is 1. The zero-order valence-electron chi connectivity index (χ0n) is 11.7. The minimum Gasteiger partial charge on any atom is -0.321 e. The number of rotatable bonds is 3. The quantitative estimate of drug-likeness (QED) is 0.930. The molecule has 0 atom stereocenters. The molecule has 0 saturated heterocycles. The molecule has 0 unspecified atom stereocenters. The Morgan fingerprint density at radius 2 is 2.15 bits per heavy atom. The summed E-state index contributed by atoms with van der Waals surface area (Å²) in [5.74, 6) is -0.275. The van der Waals surface area contributed by atoms with E-state index in [4.69, 9.17) is 5.26 Å². The first-order valence-corrected chi connectivity index (χ1v) is 6.39. The Labute approximate surface area is 117 Å². The zero-order chi connectivity index (χ0) is 14.7. The molecule has 0 fully saturated rings.